The van der Waals surface area contributed by atoms with Crippen LogP contribution in [0.3, 0.4) is 0 Å². The Kier molecular flexibility index (Phi) is 7.47. The standard InChI is InChI=1S/C29H30N6O4S/c1-33(2)28(36)21-9-8-20-11-15-35(19-22(20)17-21)29(37)26(12-16-34-14-4-5-23(34)18-30)32-40(38,39)27-7-3-6-25-24(27)10-13-31-25/h3-10,13-14,17,26,31-32H,11-12,15-16,19H2,1-2H3. The molecule has 2 aromatic heterocycles. The van der Waals surface area contributed by atoms with Crippen LogP contribution in [0, 0.1) is 11.3 Å². The quantitative estimate of drug-likeness (QED) is 0.343. The summed E-state index contributed by atoms with van der Waals surface area (Å²) in [6, 6.07) is 16.6. The number of aryl methyl sites for hydroxylation is 1. The van der Waals surface area contributed by atoms with Crippen molar-refractivity contribution in [3.8, 4) is 6.07 Å². The van der Waals surface area contributed by atoms with Crippen molar-refractivity contribution in [2.24, 2.45) is 0 Å². The fraction of sp³-hybridized carbons (Fsp3) is 0.276. The van der Waals surface area contributed by atoms with Crippen molar-refractivity contribution < 1.29 is 18.0 Å². The Bertz CT molecular complexity index is 1730. The van der Waals surface area contributed by atoms with Gasteiger partial charge < -0.3 is 19.4 Å². The Morgan fingerprint density at radius 2 is 1.95 bits per heavy atom. The third-order valence-corrected chi connectivity index (χ3v) is 8.76. The molecule has 0 aliphatic carbocycles. The molecule has 3 heterocycles. The van der Waals surface area contributed by atoms with Gasteiger partial charge in [0, 0.05) is 62.6 Å². The minimum Gasteiger partial charge on any atom is -0.361 e. The average Bonchev–Trinajstić information content (AvgIpc) is 3.62. The Hall–Kier alpha value is -4.40. The zero-order valence-electron chi connectivity index (χ0n) is 22.3. The molecule has 206 valence electrons. The summed E-state index contributed by atoms with van der Waals surface area (Å²) in [5.41, 5.74) is 3.56. The van der Waals surface area contributed by atoms with Gasteiger partial charge in [-0.15, -0.1) is 0 Å². The third-order valence-electron chi connectivity index (χ3n) is 7.23. The summed E-state index contributed by atoms with van der Waals surface area (Å²) in [5.74, 6) is -0.485. The lowest BCUT2D eigenvalue weighted by molar-refractivity contribution is -0.134. The molecule has 0 radical (unpaired) electrons. The molecular weight excluding hydrogens is 528 g/mol. The first-order valence-electron chi connectivity index (χ1n) is 12.9. The summed E-state index contributed by atoms with van der Waals surface area (Å²) in [7, 11) is -0.706. The lowest BCUT2D eigenvalue weighted by atomic mass is 9.96. The second-order valence-corrected chi connectivity index (χ2v) is 11.7. The van der Waals surface area contributed by atoms with Crippen LogP contribution in [-0.2, 0) is 34.3 Å². The molecule has 5 rings (SSSR count). The third kappa shape index (κ3) is 5.36. The van der Waals surface area contributed by atoms with E-state index in [9.17, 15) is 23.3 Å². The van der Waals surface area contributed by atoms with Gasteiger partial charge in [0.2, 0.25) is 15.9 Å². The number of nitrogens with one attached hydrogen (secondary N) is 2. The van der Waals surface area contributed by atoms with Crippen LogP contribution >= 0.6 is 0 Å². The number of H-pyrrole nitrogens is 1. The number of carbonyl (C=O) groups is 2. The molecule has 10 nitrogen and oxygen atoms in total. The van der Waals surface area contributed by atoms with Crippen LogP contribution < -0.4 is 4.72 Å². The van der Waals surface area contributed by atoms with Crippen LogP contribution in [0.4, 0.5) is 0 Å². The van der Waals surface area contributed by atoms with Gasteiger partial charge in [-0.05, 0) is 66.4 Å². The fourth-order valence-corrected chi connectivity index (χ4v) is 6.56. The van der Waals surface area contributed by atoms with Gasteiger partial charge >= 0.3 is 0 Å². The van der Waals surface area contributed by atoms with Crippen molar-refractivity contribution in [2.45, 2.75) is 36.9 Å². The number of fused-ring (bicyclic) bond motifs is 2. The first-order valence-corrected chi connectivity index (χ1v) is 14.4. The highest BCUT2D eigenvalue weighted by atomic mass is 32.2. The van der Waals surface area contributed by atoms with Gasteiger partial charge in [-0.25, -0.2) is 8.42 Å². The van der Waals surface area contributed by atoms with Crippen molar-refractivity contribution in [3.05, 3.63) is 89.4 Å². The molecular formula is C29H30N6O4S. The Morgan fingerprint density at radius 1 is 1.12 bits per heavy atom. The summed E-state index contributed by atoms with van der Waals surface area (Å²) in [5, 5.41) is 9.93. The highest BCUT2D eigenvalue weighted by Gasteiger charge is 2.32. The van der Waals surface area contributed by atoms with Crippen LogP contribution in [0.1, 0.15) is 33.6 Å². The van der Waals surface area contributed by atoms with Crippen molar-refractivity contribution in [1.82, 2.24) is 24.1 Å². The molecule has 2 N–H and O–H groups in total. The molecule has 1 atom stereocenters. The van der Waals surface area contributed by atoms with Gasteiger partial charge in [-0.2, -0.15) is 9.98 Å². The van der Waals surface area contributed by atoms with Gasteiger partial charge in [-0.3, -0.25) is 9.59 Å². The number of nitrogens with zero attached hydrogens (tertiary/aromatic N) is 4. The lowest BCUT2D eigenvalue weighted by Gasteiger charge is -2.32. The smallest absolute Gasteiger partial charge is 0.253 e. The van der Waals surface area contributed by atoms with E-state index in [-0.39, 0.29) is 36.2 Å². The van der Waals surface area contributed by atoms with E-state index in [4.69, 9.17) is 0 Å². The maximum Gasteiger partial charge on any atom is 0.253 e. The van der Waals surface area contributed by atoms with Crippen molar-refractivity contribution in [1.29, 1.82) is 5.26 Å². The summed E-state index contributed by atoms with van der Waals surface area (Å²) in [4.78, 5) is 32.7. The normalized spacial score (nSPS) is 14.0. The van der Waals surface area contributed by atoms with E-state index in [2.05, 4.69) is 15.8 Å². The zero-order chi connectivity index (χ0) is 28.4. The van der Waals surface area contributed by atoms with E-state index in [1.54, 1.807) is 72.4 Å². The second-order valence-electron chi connectivity index (χ2n) is 10.0. The van der Waals surface area contributed by atoms with Crippen molar-refractivity contribution in [2.75, 3.05) is 20.6 Å². The van der Waals surface area contributed by atoms with Gasteiger partial charge in [0.15, 0.2) is 0 Å². The molecule has 1 unspecified atom stereocenters. The number of carbonyl (C=O) groups excluding carboxylic acids is 2. The summed E-state index contributed by atoms with van der Waals surface area (Å²) < 4.78 is 31.6. The molecule has 0 bridgehead atoms. The fourth-order valence-electron chi connectivity index (χ4n) is 5.11. The molecule has 40 heavy (non-hydrogen) atoms. The van der Waals surface area contributed by atoms with Crippen LogP contribution in [-0.4, -0.2) is 66.3 Å². The molecule has 0 saturated carbocycles. The van der Waals surface area contributed by atoms with Gasteiger partial charge in [-0.1, -0.05) is 12.1 Å². The summed E-state index contributed by atoms with van der Waals surface area (Å²) in [6.07, 6.45) is 4.14. The SMILES string of the molecule is CN(C)C(=O)c1ccc2c(c1)CN(C(=O)C(CCn1cccc1C#N)NS(=O)(=O)c1cccc3[nH]ccc13)CC2. The summed E-state index contributed by atoms with van der Waals surface area (Å²) in [6.45, 7) is 0.960. The van der Waals surface area contributed by atoms with E-state index < -0.39 is 16.1 Å². The van der Waals surface area contributed by atoms with Gasteiger partial charge in [0.1, 0.15) is 17.8 Å². The molecule has 4 aromatic rings. The van der Waals surface area contributed by atoms with Crippen LogP contribution in [0.25, 0.3) is 10.9 Å². The van der Waals surface area contributed by atoms with Crippen molar-refractivity contribution in [3.63, 3.8) is 0 Å². The van der Waals surface area contributed by atoms with E-state index in [1.165, 1.54) is 11.0 Å². The van der Waals surface area contributed by atoms with Crippen LogP contribution in [0.5, 0.6) is 0 Å². The number of hydrogen-bond donors (Lipinski definition) is 2. The summed E-state index contributed by atoms with van der Waals surface area (Å²) >= 11 is 0. The number of amides is 2. The predicted octanol–water partition coefficient (Wildman–Crippen LogP) is 2.86. The number of hydrogen-bond acceptors (Lipinski definition) is 5. The maximum absolute atomic E-state index is 13.9. The van der Waals surface area contributed by atoms with Gasteiger partial charge in [0.25, 0.3) is 5.91 Å². The number of nitriles is 1. The Balaban J connectivity index is 1.43. The zero-order valence-corrected chi connectivity index (χ0v) is 23.1. The largest absolute Gasteiger partial charge is 0.361 e. The number of sulfonamides is 1. The van der Waals surface area contributed by atoms with E-state index in [0.29, 0.717) is 35.1 Å². The molecule has 0 saturated heterocycles. The first kappa shape index (κ1) is 27.2. The van der Waals surface area contributed by atoms with E-state index in [0.717, 1.165) is 11.1 Å². The Labute approximate surface area is 232 Å². The molecule has 0 spiro atoms. The van der Waals surface area contributed by atoms with Crippen LogP contribution in [0.2, 0.25) is 0 Å². The van der Waals surface area contributed by atoms with E-state index in [1.807, 2.05) is 12.1 Å². The maximum atomic E-state index is 13.9. The minimum absolute atomic E-state index is 0.0820. The monoisotopic (exact) mass is 558 g/mol. The molecule has 2 amide bonds. The van der Waals surface area contributed by atoms with Crippen molar-refractivity contribution >= 4 is 32.7 Å². The highest BCUT2D eigenvalue weighted by Crippen LogP contribution is 2.25. The molecule has 11 heteroatoms. The lowest BCUT2D eigenvalue weighted by Crippen LogP contribution is -2.50. The van der Waals surface area contributed by atoms with Crippen LogP contribution in [0.15, 0.2) is 71.9 Å². The minimum atomic E-state index is -4.08. The predicted molar refractivity (Wildman–Crippen MR) is 150 cm³/mol. The number of aromatic nitrogens is 2. The van der Waals surface area contributed by atoms with Gasteiger partial charge in [0.05, 0.1) is 4.90 Å². The first-order chi connectivity index (χ1) is 19.2. The number of aromatic amines is 1. The topological polar surface area (TPSA) is 131 Å². The average molecular weight is 559 g/mol. The second kappa shape index (κ2) is 11.0. The highest BCUT2D eigenvalue weighted by molar-refractivity contribution is 7.89. The molecule has 1 aliphatic heterocycles. The molecule has 2 aromatic carbocycles. The Morgan fingerprint density at radius 3 is 2.73 bits per heavy atom. The molecule has 1 aliphatic rings. The van der Waals surface area contributed by atoms with E-state index >= 15 is 0 Å². The molecule has 0 fully saturated rings. The number of rotatable bonds is 8. The number of benzene rings is 2.